The van der Waals surface area contributed by atoms with Gasteiger partial charge in [0.1, 0.15) is 11.3 Å². The molecule has 1 aliphatic heterocycles. The molecule has 1 aliphatic rings. The van der Waals surface area contributed by atoms with Crippen molar-refractivity contribution in [3.63, 3.8) is 0 Å². The van der Waals surface area contributed by atoms with Gasteiger partial charge < -0.3 is 13.5 Å². The van der Waals surface area contributed by atoms with Crippen LogP contribution >= 0.6 is 7.60 Å². The molecule has 0 N–H and O–H groups in total. The molecule has 4 nitrogen and oxygen atoms in total. The Kier molecular flexibility index (Phi) is 3.73. The highest BCUT2D eigenvalue weighted by Crippen LogP contribution is 2.57. The van der Waals surface area contributed by atoms with Crippen molar-refractivity contribution in [2.75, 3.05) is 13.2 Å². The second-order valence-corrected chi connectivity index (χ2v) is 8.39. The Labute approximate surface area is 125 Å². The second-order valence-electron chi connectivity index (χ2n) is 6.33. The normalized spacial score (nSPS) is 20.7. The fourth-order valence-corrected chi connectivity index (χ4v) is 4.60. The number of benzene rings is 1. The molecule has 0 bridgehead atoms. The molecule has 0 spiro atoms. The van der Waals surface area contributed by atoms with Crippen LogP contribution in [0.15, 0.2) is 28.7 Å². The first kappa shape index (κ1) is 14.8. The van der Waals surface area contributed by atoms with Crippen LogP contribution in [0.4, 0.5) is 0 Å². The van der Waals surface area contributed by atoms with E-state index in [0.717, 1.165) is 28.7 Å². The maximum absolute atomic E-state index is 12.8. The molecule has 2 heterocycles. The summed E-state index contributed by atoms with van der Waals surface area (Å²) in [5.74, 6) is 0.864. The van der Waals surface area contributed by atoms with Crippen LogP contribution in [-0.4, -0.2) is 13.2 Å². The molecule has 21 heavy (non-hydrogen) atoms. The van der Waals surface area contributed by atoms with Gasteiger partial charge in [-0.25, -0.2) is 0 Å². The summed E-state index contributed by atoms with van der Waals surface area (Å²) >= 11 is 0. The zero-order chi connectivity index (χ0) is 15.1. The third-order valence-corrected chi connectivity index (χ3v) is 5.51. The quantitative estimate of drug-likeness (QED) is 0.767. The first-order chi connectivity index (χ1) is 9.92. The number of fused-ring (bicyclic) bond motifs is 1. The summed E-state index contributed by atoms with van der Waals surface area (Å²) in [6, 6.07) is 7.82. The van der Waals surface area contributed by atoms with Crippen molar-refractivity contribution in [3.05, 3.63) is 35.6 Å². The lowest BCUT2D eigenvalue weighted by molar-refractivity contribution is 0.0409. The first-order valence-electron chi connectivity index (χ1n) is 7.30. The Balaban J connectivity index is 1.93. The van der Waals surface area contributed by atoms with E-state index in [-0.39, 0.29) is 11.6 Å². The fraction of sp³-hybridized carbons (Fsp3) is 0.500. The average molecular weight is 308 g/mol. The minimum absolute atomic E-state index is 0.0834. The third kappa shape index (κ3) is 2.94. The molecule has 114 valence electrons. The van der Waals surface area contributed by atoms with Crippen LogP contribution in [0.1, 0.15) is 32.1 Å². The zero-order valence-electron chi connectivity index (χ0n) is 12.7. The van der Waals surface area contributed by atoms with E-state index < -0.39 is 7.60 Å². The summed E-state index contributed by atoms with van der Waals surface area (Å²) in [5, 5.41) is 1.00. The van der Waals surface area contributed by atoms with E-state index in [4.69, 9.17) is 13.5 Å². The van der Waals surface area contributed by atoms with Gasteiger partial charge in [0.05, 0.1) is 19.4 Å². The lowest BCUT2D eigenvalue weighted by Crippen LogP contribution is -2.29. The summed E-state index contributed by atoms with van der Waals surface area (Å²) in [7, 11) is -3.09. The summed E-state index contributed by atoms with van der Waals surface area (Å²) < 4.78 is 29.8. The Morgan fingerprint density at radius 2 is 1.86 bits per heavy atom. The molecule has 1 saturated heterocycles. The number of aryl methyl sites for hydroxylation is 1. The van der Waals surface area contributed by atoms with Gasteiger partial charge in [-0.2, -0.15) is 0 Å². The van der Waals surface area contributed by atoms with Gasteiger partial charge in [-0.1, -0.05) is 39.0 Å². The third-order valence-electron chi connectivity index (χ3n) is 3.76. The van der Waals surface area contributed by atoms with Crippen molar-refractivity contribution in [2.45, 2.75) is 33.4 Å². The molecule has 0 radical (unpaired) electrons. The molecule has 0 amide bonds. The van der Waals surface area contributed by atoms with Gasteiger partial charge in [-0.3, -0.25) is 4.57 Å². The smallest absolute Gasteiger partial charge is 0.335 e. The molecule has 0 saturated carbocycles. The average Bonchev–Trinajstić information content (AvgIpc) is 2.81. The molecule has 0 aliphatic carbocycles. The molecular formula is C16H21O4P. The Bertz CT molecular complexity index is 687. The molecule has 1 fully saturated rings. The van der Waals surface area contributed by atoms with Gasteiger partial charge in [0.25, 0.3) is 0 Å². The maximum Gasteiger partial charge on any atom is 0.335 e. The van der Waals surface area contributed by atoms with Crippen LogP contribution < -0.4 is 0 Å². The van der Waals surface area contributed by atoms with E-state index in [0.29, 0.717) is 13.2 Å². The van der Waals surface area contributed by atoms with Crippen molar-refractivity contribution in [2.24, 2.45) is 5.41 Å². The lowest BCUT2D eigenvalue weighted by Gasteiger charge is -2.34. The van der Waals surface area contributed by atoms with Crippen molar-refractivity contribution >= 4 is 18.6 Å². The highest BCUT2D eigenvalue weighted by molar-refractivity contribution is 7.53. The SMILES string of the molecule is CCc1oc2ccccc2c1CP1(=O)OCC(C)(C)CO1. The minimum atomic E-state index is -3.09. The van der Waals surface area contributed by atoms with E-state index in [1.807, 2.05) is 45.0 Å². The van der Waals surface area contributed by atoms with Crippen LogP contribution in [0.5, 0.6) is 0 Å². The second kappa shape index (κ2) is 5.28. The highest BCUT2D eigenvalue weighted by Gasteiger charge is 2.37. The Morgan fingerprint density at radius 1 is 1.19 bits per heavy atom. The van der Waals surface area contributed by atoms with E-state index in [9.17, 15) is 4.57 Å². The summed E-state index contributed by atoms with van der Waals surface area (Å²) in [4.78, 5) is 0. The molecule has 5 heteroatoms. The topological polar surface area (TPSA) is 48.7 Å². The van der Waals surface area contributed by atoms with E-state index in [1.165, 1.54) is 0 Å². The predicted octanol–water partition coefficient (Wildman–Crippen LogP) is 4.76. The standard InChI is InChI=1S/C16H21O4P/c1-4-14-13(12-7-5-6-8-15(12)20-14)9-21(17)18-10-16(2,3)11-19-21/h5-8H,4,9-11H2,1-3H3. The van der Waals surface area contributed by atoms with Crippen LogP contribution in [0.25, 0.3) is 11.0 Å². The van der Waals surface area contributed by atoms with Crippen LogP contribution in [0.2, 0.25) is 0 Å². The highest BCUT2D eigenvalue weighted by atomic mass is 31.2. The van der Waals surface area contributed by atoms with Crippen molar-refractivity contribution in [1.29, 1.82) is 0 Å². The van der Waals surface area contributed by atoms with Gasteiger partial charge in [-0.15, -0.1) is 0 Å². The summed E-state index contributed by atoms with van der Waals surface area (Å²) in [6.45, 7) is 7.04. The molecule has 1 aromatic carbocycles. The largest absolute Gasteiger partial charge is 0.461 e. The summed E-state index contributed by atoms with van der Waals surface area (Å²) in [5.41, 5.74) is 1.70. The van der Waals surface area contributed by atoms with Crippen LogP contribution in [-0.2, 0) is 26.2 Å². The van der Waals surface area contributed by atoms with Gasteiger partial charge >= 0.3 is 7.60 Å². The first-order valence-corrected chi connectivity index (χ1v) is 9.03. The van der Waals surface area contributed by atoms with E-state index in [2.05, 4.69) is 0 Å². The van der Waals surface area contributed by atoms with Gasteiger partial charge in [0.15, 0.2) is 0 Å². The molecular weight excluding hydrogens is 287 g/mol. The number of para-hydroxylation sites is 1. The Hall–Kier alpha value is -1.09. The van der Waals surface area contributed by atoms with Crippen molar-refractivity contribution in [1.82, 2.24) is 0 Å². The van der Waals surface area contributed by atoms with Gasteiger partial charge in [0, 0.05) is 22.8 Å². The van der Waals surface area contributed by atoms with Gasteiger partial charge in [0.2, 0.25) is 0 Å². The van der Waals surface area contributed by atoms with Gasteiger partial charge in [-0.05, 0) is 6.07 Å². The van der Waals surface area contributed by atoms with E-state index >= 15 is 0 Å². The minimum Gasteiger partial charge on any atom is -0.461 e. The van der Waals surface area contributed by atoms with E-state index in [1.54, 1.807) is 0 Å². The zero-order valence-corrected chi connectivity index (χ0v) is 13.6. The number of hydrogen-bond acceptors (Lipinski definition) is 4. The molecule has 2 aromatic rings. The molecule has 1 aromatic heterocycles. The van der Waals surface area contributed by atoms with Crippen molar-refractivity contribution in [3.8, 4) is 0 Å². The molecule has 3 rings (SSSR count). The maximum atomic E-state index is 12.8. The Morgan fingerprint density at radius 3 is 2.52 bits per heavy atom. The van der Waals surface area contributed by atoms with Crippen molar-refractivity contribution < 1.29 is 18.0 Å². The number of furan rings is 1. The van der Waals surface area contributed by atoms with Crippen LogP contribution in [0, 0.1) is 5.41 Å². The number of rotatable bonds is 3. The molecule has 0 unspecified atom stereocenters. The number of hydrogen-bond donors (Lipinski definition) is 0. The monoisotopic (exact) mass is 308 g/mol. The fourth-order valence-electron chi connectivity index (χ4n) is 2.52. The lowest BCUT2D eigenvalue weighted by atomic mass is 9.97. The van der Waals surface area contributed by atoms with Crippen LogP contribution in [0.3, 0.4) is 0 Å². The molecule has 0 atom stereocenters. The predicted molar refractivity (Wildman–Crippen MR) is 82.6 cm³/mol. The summed E-state index contributed by atoms with van der Waals surface area (Å²) in [6.07, 6.45) is 1.04.